The van der Waals surface area contributed by atoms with Crippen LogP contribution in [0.4, 0.5) is 0 Å². The van der Waals surface area contributed by atoms with Gasteiger partial charge in [0.2, 0.25) is 5.91 Å². The van der Waals surface area contributed by atoms with Crippen molar-refractivity contribution in [2.75, 3.05) is 32.7 Å². The Labute approximate surface area is 113 Å². The van der Waals surface area contributed by atoms with Gasteiger partial charge in [-0.1, -0.05) is 27.7 Å². The molecule has 0 heterocycles. The number of nitrogens with two attached hydrogens (primary N) is 1. The Morgan fingerprint density at radius 3 is 2.06 bits per heavy atom. The summed E-state index contributed by atoms with van der Waals surface area (Å²) in [6.45, 7) is 15.1. The van der Waals surface area contributed by atoms with Gasteiger partial charge in [0.05, 0.1) is 0 Å². The van der Waals surface area contributed by atoms with Crippen LogP contribution in [0.15, 0.2) is 0 Å². The fourth-order valence-corrected chi connectivity index (χ4v) is 1.97. The highest BCUT2D eigenvalue weighted by Crippen LogP contribution is 2.03. The summed E-state index contributed by atoms with van der Waals surface area (Å²) < 4.78 is 0. The summed E-state index contributed by atoms with van der Waals surface area (Å²) in [5, 5.41) is 0. The highest BCUT2D eigenvalue weighted by molar-refractivity contribution is 5.76. The third kappa shape index (κ3) is 7.67. The fourth-order valence-electron chi connectivity index (χ4n) is 1.97. The highest BCUT2D eigenvalue weighted by Gasteiger charge is 2.16. The van der Waals surface area contributed by atoms with E-state index in [0.717, 1.165) is 32.7 Å². The fraction of sp³-hybridized carbons (Fsp3) is 0.929. The van der Waals surface area contributed by atoms with Crippen LogP contribution in [0.1, 0.15) is 41.0 Å². The summed E-state index contributed by atoms with van der Waals surface area (Å²) in [4.78, 5) is 16.4. The summed E-state index contributed by atoms with van der Waals surface area (Å²) in [7, 11) is 0. The zero-order valence-electron chi connectivity index (χ0n) is 12.8. The molecule has 1 unspecified atom stereocenters. The van der Waals surface area contributed by atoms with E-state index >= 15 is 0 Å². The number of hydrogen-bond acceptors (Lipinski definition) is 3. The van der Waals surface area contributed by atoms with Crippen molar-refractivity contribution in [3.8, 4) is 0 Å². The molecule has 0 aromatic carbocycles. The van der Waals surface area contributed by atoms with Crippen molar-refractivity contribution in [1.29, 1.82) is 0 Å². The van der Waals surface area contributed by atoms with Crippen LogP contribution >= 0.6 is 0 Å². The molecule has 4 heteroatoms. The van der Waals surface area contributed by atoms with E-state index in [1.165, 1.54) is 0 Å². The molecule has 0 aromatic rings. The number of likely N-dealkylation sites (N-methyl/N-ethyl adjacent to an activating group) is 1. The standard InChI is InChI=1S/C14H31N3O/c1-6-16(7-2)8-9-17(11-12(3)4)14(18)10-13(5)15/h12-13H,6-11,15H2,1-5H3. The van der Waals surface area contributed by atoms with E-state index in [2.05, 4.69) is 32.6 Å². The molecule has 0 fully saturated rings. The second-order valence-corrected chi connectivity index (χ2v) is 5.44. The van der Waals surface area contributed by atoms with Gasteiger partial charge >= 0.3 is 0 Å². The summed E-state index contributed by atoms with van der Waals surface area (Å²) in [6, 6.07) is -0.0550. The number of nitrogens with zero attached hydrogens (tertiary/aromatic N) is 2. The molecule has 0 saturated heterocycles. The van der Waals surface area contributed by atoms with E-state index in [4.69, 9.17) is 5.73 Å². The molecular formula is C14H31N3O. The van der Waals surface area contributed by atoms with Gasteiger partial charge in [0.1, 0.15) is 0 Å². The molecule has 18 heavy (non-hydrogen) atoms. The predicted molar refractivity (Wildman–Crippen MR) is 77.5 cm³/mol. The lowest BCUT2D eigenvalue weighted by molar-refractivity contribution is -0.132. The largest absolute Gasteiger partial charge is 0.341 e. The molecule has 0 aliphatic carbocycles. The summed E-state index contributed by atoms with van der Waals surface area (Å²) >= 11 is 0. The average Bonchev–Trinajstić information content (AvgIpc) is 2.27. The Bertz CT molecular complexity index is 225. The van der Waals surface area contributed by atoms with Crippen LogP contribution in [0.25, 0.3) is 0 Å². The van der Waals surface area contributed by atoms with Crippen LogP contribution in [-0.4, -0.2) is 54.5 Å². The molecule has 0 spiro atoms. The molecule has 108 valence electrons. The smallest absolute Gasteiger partial charge is 0.224 e. The highest BCUT2D eigenvalue weighted by atomic mass is 16.2. The molecule has 2 N–H and O–H groups in total. The van der Waals surface area contributed by atoms with E-state index in [1.807, 2.05) is 11.8 Å². The predicted octanol–water partition coefficient (Wildman–Crippen LogP) is 1.55. The lowest BCUT2D eigenvalue weighted by Gasteiger charge is -2.28. The molecule has 0 aromatic heterocycles. The molecule has 0 radical (unpaired) electrons. The quantitative estimate of drug-likeness (QED) is 0.682. The number of amides is 1. The van der Waals surface area contributed by atoms with Gasteiger partial charge in [0.25, 0.3) is 0 Å². The monoisotopic (exact) mass is 257 g/mol. The van der Waals surface area contributed by atoms with Gasteiger partial charge in [0.15, 0.2) is 0 Å². The van der Waals surface area contributed by atoms with Crippen molar-refractivity contribution < 1.29 is 4.79 Å². The van der Waals surface area contributed by atoms with E-state index in [1.54, 1.807) is 0 Å². The first-order valence-electron chi connectivity index (χ1n) is 7.16. The van der Waals surface area contributed by atoms with Crippen molar-refractivity contribution in [3.05, 3.63) is 0 Å². The Morgan fingerprint density at radius 1 is 1.11 bits per heavy atom. The van der Waals surface area contributed by atoms with Gasteiger partial charge in [-0.2, -0.15) is 0 Å². The van der Waals surface area contributed by atoms with E-state index < -0.39 is 0 Å². The zero-order valence-corrected chi connectivity index (χ0v) is 12.8. The summed E-state index contributed by atoms with van der Waals surface area (Å²) in [6.07, 6.45) is 0.449. The van der Waals surface area contributed by atoms with Gasteiger partial charge < -0.3 is 15.5 Å². The number of carbonyl (C=O) groups is 1. The van der Waals surface area contributed by atoms with Crippen LogP contribution < -0.4 is 5.73 Å². The molecule has 0 bridgehead atoms. The van der Waals surface area contributed by atoms with Gasteiger partial charge in [-0.3, -0.25) is 4.79 Å². The van der Waals surface area contributed by atoms with Gasteiger partial charge in [-0.15, -0.1) is 0 Å². The zero-order chi connectivity index (χ0) is 14.1. The normalized spacial score (nSPS) is 13.1. The number of hydrogen-bond donors (Lipinski definition) is 1. The molecule has 4 nitrogen and oxygen atoms in total. The minimum Gasteiger partial charge on any atom is -0.341 e. The molecular weight excluding hydrogens is 226 g/mol. The molecule has 0 saturated carbocycles. The maximum atomic E-state index is 12.1. The second kappa shape index (κ2) is 9.34. The average molecular weight is 257 g/mol. The van der Waals surface area contributed by atoms with E-state index in [-0.39, 0.29) is 11.9 Å². The summed E-state index contributed by atoms with van der Waals surface area (Å²) in [5.74, 6) is 0.685. The molecule has 0 aliphatic heterocycles. The minimum absolute atomic E-state index is 0.0550. The van der Waals surface area contributed by atoms with Gasteiger partial charge in [0, 0.05) is 32.1 Å². The Hall–Kier alpha value is -0.610. The first-order chi connectivity index (χ1) is 8.40. The Kier molecular flexibility index (Phi) is 9.02. The molecule has 0 aliphatic rings. The van der Waals surface area contributed by atoms with Crippen molar-refractivity contribution in [2.24, 2.45) is 11.7 Å². The van der Waals surface area contributed by atoms with E-state index in [9.17, 15) is 4.79 Å². The lowest BCUT2D eigenvalue weighted by Crippen LogP contribution is -2.42. The van der Waals surface area contributed by atoms with Crippen LogP contribution in [-0.2, 0) is 4.79 Å². The Morgan fingerprint density at radius 2 is 1.67 bits per heavy atom. The van der Waals surface area contributed by atoms with E-state index in [0.29, 0.717) is 12.3 Å². The topological polar surface area (TPSA) is 49.6 Å². The first kappa shape index (κ1) is 17.4. The van der Waals surface area contributed by atoms with Crippen molar-refractivity contribution in [3.63, 3.8) is 0 Å². The maximum Gasteiger partial charge on any atom is 0.224 e. The SMILES string of the molecule is CCN(CC)CCN(CC(C)C)C(=O)CC(C)N. The minimum atomic E-state index is -0.0550. The molecule has 1 amide bonds. The van der Waals surface area contributed by atoms with Gasteiger partial charge in [-0.05, 0) is 25.9 Å². The maximum absolute atomic E-state index is 12.1. The first-order valence-corrected chi connectivity index (χ1v) is 7.16. The van der Waals surface area contributed by atoms with Crippen LogP contribution in [0.2, 0.25) is 0 Å². The van der Waals surface area contributed by atoms with Crippen molar-refractivity contribution in [1.82, 2.24) is 9.80 Å². The third-order valence-electron chi connectivity index (χ3n) is 3.02. The molecule has 0 rings (SSSR count). The molecule has 1 atom stereocenters. The van der Waals surface area contributed by atoms with Crippen LogP contribution in [0, 0.1) is 5.92 Å². The lowest BCUT2D eigenvalue weighted by atomic mass is 10.1. The van der Waals surface area contributed by atoms with Crippen LogP contribution in [0.3, 0.4) is 0 Å². The van der Waals surface area contributed by atoms with Gasteiger partial charge in [-0.25, -0.2) is 0 Å². The summed E-state index contributed by atoms with van der Waals surface area (Å²) in [5.41, 5.74) is 5.71. The number of carbonyl (C=O) groups excluding carboxylic acids is 1. The Balaban J connectivity index is 4.34. The van der Waals surface area contributed by atoms with Crippen LogP contribution in [0.5, 0.6) is 0 Å². The second-order valence-electron chi connectivity index (χ2n) is 5.44. The van der Waals surface area contributed by atoms with Crippen molar-refractivity contribution in [2.45, 2.75) is 47.1 Å². The third-order valence-corrected chi connectivity index (χ3v) is 3.02. The number of rotatable bonds is 9. The van der Waals surface area contributed by atoms with Crippen molar-refractivity contribution >= 4 is 5.91 Å².